The number of halogens is 1. The molecule has 2 rings (SSSR count). The summed E-state index contributed by atoms with van der Waals surface area (Å²) in [6.45, 7) is 5.05. The van der Waals surface area contributed by atoms with E-state index >= 15 is 0 Å². The highest BCUT2D eigenvalue weighted by atomic mass is 19.1. The van der Waals surface area contributed by atoms with Crippen molar-refractivity contribution in [2.75, 3.05) is 13.6 Å². The van der Waals surface area contributed by atoms with Crippen molar-refractivity contribution in [3.63, 3.8) is 0 Å². The Bertz CT molecular complexity index is 565. The maximum absolute atomic E-state index is 13.3. The maximum atomic E-state index is 13.3. The second kappa shape index (κ2) is 7.31. The third kappa shape index (κ3) is 4.36. The monoisotopic (exact) mass is 290 g/mol. The SMILES string of the molecule is CNCC(Cc1cccc(F)c1)Cc1ncnn1C(C)C. The standard InChI is InChI=1S/C16H23FN4/c1-12(2)21-16(19-11-20-21)9-14(10-18-3)7-13-5-4-6-15(17)8-13/h4-6,8,11-12,14,18H,7,9-10H2,1-3H3. The lowest BCUT2D eigenvalue weighted by Crippen LogP contribution is -2.24. The van der Waals surface area contributed by atoms with E-state index in [-0.39, 0.29) is 5.82 Å². The molecule has 1 atom stereocenters. The van der Waals surface area contributed by atoms with Gasteiger partial charge in [-0.3, -0.25) is 0 Å². The quantitative estimate of drug-likeness (QED) is 0.852. The summed E-state index contributed by atoms with van der Waals surface area (Å²) in [6, 6.07) is 7.12. The molecule has 1 aromatic carbocycles. The second-order valence-corrected chi connectivity index (χ2v) is 5.68. The molecule has 0 spiro atoms. The second-order valence-electron chi connectivity index (χ2n) is 5.68. The summed E-state index contributed by atoms with van der Waals surface area (Å²) in [5.41, 5.74) is 1.02. The molecular formula is C16H23FN4. The van der Waals surface area contributed by atoms with Gasteiger partial charge in [0.25, 0.3) is 0 Å². The van der Waals surface area contributed by atoms with Crippen LogP contribution in [0.4, 0.5) is 4.39 Å². The fourth-order valence-electron chi connectivity index (χ4n) is 2.61. The predicted molar refractivity (Wildman–Crippen MR) is 81.6 cm³/mol. The highest BCUT2D eigenvalue weighted by molar-refractivity contribution is 5.17. The van der Waals surface area contributed by atoms with E-state index in [1.807, 2.05) is 17.8 Å². The molecule has 0 aliphatic rings. The Morgan fingerprint density at radius 1 is 1.29 bits per heavy atom. The molecular weight excluding hydrogens is 267 g/mol. The van der Waals surface area contributed by atoms with E-state index in [4.69, 9.17) is 0 Å². The van der Waals surface area contributed by atoms with Crippen LogP contribution < -0.4 is 5.32 Å². The molecule has 0 fully saturated rings. The van der Waals surface area contributed by atoms with Crippen LogP contribution in [-0.4, -0.2) is 28.4 Å². The summed E-state index contributed by atoms with van der Waals surface area (Å²) < 4.78 is 15.3. The molecule has 0 saturated carbocycles. The number of rotatable bonds is 7. The number of hydrogen-bond acceptors (Lipinski definition) is 3. The summed E-state index contributed by atoms with van der Waals surface area (Å²) in [6.07, 6.45) is 3.26. The summed E-state index contributed by atoms with van der Waals surface area (Å²) in [5, 5.41) is 7.49. The third-order valence-corrected chi connectivity index (χ3v) is 3.51. The van der Waals surface area contributed by atoms with Crippen molar-refractivity contribution in [1.82, 2.24) is 20.1 Å². The van der Waals surface area contributed by atoms with E-state index in [0.29, 0.717) is 12.0 Å². The van der Waals surface area contributed by atoms with E-state index < -0.39 is 0 Å². The topological polar surface area (TPSA) is 42.7 Å². The molecule has 1 unspecified atom stereocenters. The summed E-state index contributed by atoms with van der Waals surface area (Å²) in [4.78, 5) is 4.37. The molecule has 114 valence electrons. The fourth-order valence-corrected chi connectivity index (χ4v) is 2.61. The van der Waals surface area contributed by atoms with Gasteiger partial charge in [0, 0.05) is 12.5 Å². The molecule has 0 saturated heterocycles. The van der Waals surface area contributed by atoms with Gasteiger partial charge in [0.1, 0.15) is 18.0 Å². The molecule has 0 aliphatic carbocycles. The van der Waals surface area contributed by atoms with Gasteiger partial charge < -0.3 is 5.32 Å². The summed E-state index contributed by atoms with van der Waals surface area (Å²) in [7, 11) is 1.94. The molecule has 4 nitrogen and oxygen atoms in total. The lowest BCUT2D eigenvalue weighted by Gasteiger charge is -2.18. The zero-order valence-corrected chi connectivity index (χ0v) is 12.9. The van der Waals surface area contributed by atoms with Crippen LogP contribution >= 0.6 is 0 Å². The van der Waals surface area contributed by atoms with Crippen LogP contribution in [0, 0.1) is 11.7 Å². The van der Waals surface area contributed by atoms with Crippen LogP contribution in [0.5, 0.6) is 0 Å². The normalized spacial score (nSPS) is 12.8. The third-order valence-electron chi connectivity index (χ3n) is 3.51. The first-order chi connectivity index (χ1) is 10.1. The van der Waals surface area contributed by atoms with Gasteiger partial charge in [-0.05, 0) is 57.5 Å². The van der Waals surface area contributed by atoms with E-state index in [2.05, 4.69) is 29.2 Å². The van der Waals surface area contributed by atoms with E-state index in [0.717, 1.165) is 30.8 Å². The number of nitrogens with one attached hydrogen (secondary N) is 1. The molecule has 1 aromatic heterocycles. The minimum absolute atomic E-state index is 0.180. The van der Waals surface area contributed by atoms with Gasteiger partial charge in [0.05, 0.1) is 0 Å². The molecule has 0 radical (unpaired) electrons. The maximum Gasteiger partial charge on any atom is 0.138 e. The molecule has 1 N–H and O–H groups in total. The van der Waals surface area contributed by atoms with Crippen molar-refractivity contribution in [3.05, 3.63) is 47.8 Å². The first-order valence-corrected chi connectivity index (χ1v) is 7.37. The largest absolute Gasteiger partial charge is 0.319 e. The van der Waals surface area contributed by atoms with Crippen LogP contribution in [0.3, 0.4) is 0 Å². The molecule has 0 bridgehead atoms. The average Bonchev–Trinajstić information content (AvgIpc) is 2.87. The van der Waals surface area contributed by atoms with Crippen molar-refractivity contribution >= 4 is 0 Å². The zero-order valence-electron chi connectivity index (χ0n) is 12.9. The van der Waals surface area contributed by atoms with Gasteiger partial charge in [-0.25, -0.2) is 14.1 Å². The van der Waals surface area contributed by atoms with Gasteiger partial charge >= 0.3 is 0 Å². The zero-order chi connectivity index (χ0) is 15.2. The molecule has 21 heavy (non-hydrogen) atoms. The molecule has 1 heterocycles. The predicted octanol–water partition coefficient (Wildman–Crippen LogP) is 2.62. The van der Waals surface area contributed by atoms with Gasteiger partial charge in [-0.1, -0.05) is 12.1 Å². The van der Waals surface area contributed by atoms with Crippen LogP contribution in [-0.2, 0) is 12.8 Å². The van der Waals surface area contributed by atoms with Crippen molar-refractivity contribution in [1.29, 1.82) is 0 Å². The highest BCUT2D eigenvalue weighted by Crippen LogP contribution is 2.16. The minimum atomic E-state index is -0.180. The Morgan fingerprint density at radius 3 is 2.76 bits per heavy atom. The Kier molecular flexibility index (Phi) is 5.44. The summed E-state index contributed by atoms with van der Waals surface area (Å²) >= 11 is 0. The molecule has 0 aliphatic heterocycles. The summed E-state index contributed by atoms with van der Waals surface area (Å²) in [5.74, 6) is 1.17. The number of aromatic nitrogens is 3. The Hall–Kier alpha value is -1.75. The van der Waals surface area contributed by atoms with E-state index in [9.17, 15) is 4.39 Å². The Labute approximate surface area is 125 Å². The Balaban J connectivity index is 2.10. The van der Waals surface area contributed by atoms with Crippen LogP contribution in [0.25, 0.3) is 0 Å². The van der Waals surface area contributed by atoms with Gasteiger partial charge in [-0.15, -0.1) is 0 Å². The molecule has 5 heteroatoms. The smallest absolute Gasteiger partial charge is 0.138 e. The van der Waals surface area contributed by atoms with Gasteiger partial charge in [-0.2, -0.15) is 5.10 Å². The lowest BCUT2D eigenvalue weighted by molar-refractivity contribution is 0.440. The van der Waals surface area contributed by atoms with Crippen molar-refractivity contribution in [2.24, 2.45) is 5.92 Å². The van der Waals surface area contributed by atoms with Gasteiger partial charge in [0.15, 0.2) is 0 Å². The lowest BCUT2D eigenvalue weighted by atomic mass is 9.95. The average molecular weight is 290 g/mol. The van der Waals surface area contributed by atoms with Crippen LogP contribution in [0.15, 0.2) is 30.6 Å². The molecule has 0 amide bonds. The highest BCUT2D eigenvalue weighted by Gasteiger charge is 2.15. The van der Waals surface area contributed by atoms with Crippen LogP contribution in [0.2, 0.25) is 0 Å². The van der Waals surface area contributed by atoms with Crippen LogP contribution in [0.1, 0.15) is 31.3 Å². The van der Waals surface area contributed by atoms with Crippen molar-refractivity contribution in [2.45, 2.75) is 32.7 Å². The first kappa shape index (κ1) is 15.6. The number of hydrogen-bond donors (Lipinski definition) is 1. The van der Waals surface area contributed by atoms with Crippen molar-refractivity contribution in [3.8, 4) is 0 Å². The van der Waals surface area contributed by atoms with Gasteiger partial charge in [0.2, 0.25) is 0 Å². The van der Waals surface area contributed by atoms with E-state index in [1.165, 1.54) is 6.07 Å². The molecule has 2 aromatic rings. The van der Waals surface area contributed by atoms with Crippen molar-refractivity contribution < 1.29 is 4.39 Å². The Morgan fingerprint density at radius 2 is 2.10 bits per heavy atom. The number of benzene rings is 1. The minimum Gasteiger partial charge on any atom is -0.319 e. The first-order valence-electron chi connectivity index (χ1n) is 7.37. The van der Waals surface area contributed by atoms with E-state index in [1.54, 1.807) is 18.5 Å². The number of nitrogens with zero attached hydrogens (tertiary/aromatic N) is 3. The fraction of sp³-hybridized carbons (Fsp3) is 0.500.